The summed E-state index contributed by atoms with van der Waals surface area (Å²) >= 11 is 0. The number of unbranched alkanes of at least 4 members (excludes halogenated alkanes) is 12. The second kappa shape index (κ2) is 20.4. The van der Waals surface area contributed by atoms with E-state index in [0.29, 0.717) is 25.3 Å². The van der Waals surface area contributed by atoms with Crippen LogP contribution < -0.4 is 0 Å². The van der Waals surface area contributed by atoms with Crippen molar-refractivity contribution in [2.24, 2.45) is 5.92 Å². The van der Waals surface area contributed by atoms with E-state index in [-0.39, 0.29) is 0 Å². The summed E-state index contributed by atoms with van der Waals surface area (Å²) in [7, 11) is -2.88. The van der Waals surface area contributed by atoms with Gasteiger partial charge in [-0.2, -0.15) is 0 Å². The summed E-state index contributed by atoms with van der Waals surface area (Å²) in [5.74, 6) is 0.667. The summed E-state index contributed by atoms with van der Waals surface area (Å²) in [6.07, 6.45) is 20.5. The molecule has 4 heteroatoms. The molecule has 0 aliphatic carbocycles. The molecule has 0 radical (unpaired) electrons. The van der Waals surface area contributed by atoms with E-state index >= 15 is 0 Å². The molecule has 0 amide bonds. The maximum absolute atomic E-state index is 12.9. The Bertz CT molecular complexity index is 358. The summed E-state index contributed by atoms with van der Waals surface area (Å²) in [6, 6.07) is 0. The van der Waals surface area contributed by atoms with Gasteiger partial charge in [-0.05, 0) is 31.6 Å². The van der Waals surface area contributed by atoms with Gasteiger partial charge in [0.15, 0.2) is 0 Å². The van der Waals surface area contributed by atoms with Crippen LogP contribution >= 0.6 is 7.60 Å². The van der Waals surface area contributed by atoms with Crippen molar-refractivity contribution in [1.29, 1.82) is 0 Å². The fraction of sp³-hybridized carbons (Fsp3) is 1.00. The number of rotatable bonds is 22. The van der Waals surface area contributed by atoms with E-state index in [1.165, 1.54) is 70.6 Å². The predicted octanol–water partition coefficient (Wildman–Crippen LogP) is 9.15. The van der Waals surface area contributed by atoms with Crippen LogP contribution in [0, 0.1) is 5.92 Å². The fourth-order valence-electron chi connectivity index (χ4n) is 3.36. The molecule has 0 aromatic heterocycles. The molecular weight excluding hydrogens is 367 g/mol. The largest absolute Gasteiger partial charge is 0.330 e. The molecule has 0 fully saturated rings. The minimum absolute atomic E-state index is 0.567. The van der Waals surface area contributed by atoms with Crippen molar-refractivity contribution in [1.82, 2.24) is 0 Å². The molecule has 0 saturated carbocycles. The van der Waals surface area contributed by atoms with Crippen molar-refractivity contribution in [2.45, 2.75) is 130 Å². The molecule has 1 atom stereocenters. The van der Waals surface area contributed by atoms with Gasteiger partial charge >= 0.3 is 7.60 Å². The highest BCUT2D eigenvalue weighted by molar-refractivity contribution is 7.53. The summed E-state index contributed by atoms with van der Waals surface area (Å²) < 4.78 is 24.4. The second-order valence-corrected chi connectivity index (χ2v) is 11.0. The van der Waals surface area contributed by atoms with Gasteiger partial charge in [0.2, 0.25) is 0 Å². The Morgan fingerprint density at radius 1 is 0.607 bits per heavy atom. The topological polar surface area (TPSA) is 35.5 Å². The monoisotopic (exact) mass is 418 g/mol. The average molecular weight is 419 g/mol. The van der Waals surface area contributed by atoms with E-state index in [1.54, 1.807) is 0 Å². The van der Waals surface area contributed by atoms with E-state index in [2.05, 4.69) is 27.7 Å². The Kier molecular flexibility index (Phi) is 20.5. The Labute approximate surface area is 177 Å². The van der Waals surface area contributed by atoms with Gasteiger partial charge in [0.05, 0.1) is 19.4 Å². The molecule has 0 rings (SSSR count). The minimum atomic E-state index is -2.88. The van der Waals surface area contributed by atoms with Gasteiger partial charge in [0, 0.05) is 0 Å². The zero-order chi connectivity index (χ0) is 20.9. The van der Waals surface area contributed by atoms with E-state index in [9.17, 15) is 4.57 Å². The molecule has 0 saturated heterocycles. The van der Waals surface area contributed by atoms with Crippen molar-refractivity contribution in [3.05, 3.63) is 0 Å². The van der Waals surface area contributed by atoms with Crippen LogP contribution in [0.25, 0.3) is 0 Å². The predicted molar refractivity (Wildman–Crippen MR) is 124 cm³/mol. The highest BCUT2D eigenvalue weighted by atomic mass is 31.2. The summed E-state index contributed by atoms with van der Waals surface area (Å²) in [5.41, 5.74) is 0. The zero-order valence-electron chi connectivity index (χ0n) is 19.7. The molecule has 0 aromatic carbocycles. The van der Waals surface area contributed by atoms with Crippen molar-refractivity contribution in [3.8, 4) is 0 Å². The van der Waals surface area contributed by atoms with Gasteiger partial charge < -0.3 is 9.05 Å². The third kappa shape index (κ3) is 19.5. The Morgan fingerprint density at radius 3 is 1.50 bits per heavy atom. The van der Waals surface area contributed by atoms with Gasteiger partial charge in [-0.15, -0.1) is 0 Å². The molecule has 170 valence electrons. The lowest BCUT2D eigenvalue weighted by atomic mass is 10.1. The molecule has 0 heterocycles. The molecule has 3 nitrogen and oxygen atoms in total. The van der Waals surface area contributed by atoms with E-state index in [0.717, 1.165) is 32.1 Å². The third-order valence-corrected chi connectivity index (χ3v) is 7.30. The van der Waals surface area contributed by atoms with E-state index in [4.69, 9.17) is 9.05 Å². The van der Waals surface area contributed by atoms with Crippen LogP contribution in [0.1, 0.15) is 130 Å². The van der Waals surface area contributed by atoms with Crippen molar-refractivity contribution >= 4 is 7.60 Å². The molecule has 0 spiro atoms. The lowest BCUT2D eigenvalue weighted by Crippen LogP contribution is -2.04. The lowest BCUT2D eigenvalue weighted by molar-refractivity contribution is 0.195. The molecule has 0 aliphatic rings. The molecule has 28 heavy (non-hydrogen) atoms. The molecule has 1 unspecified atom stereocenters. The maximum atomic E-state index is 12.9. The van der Waals surface area contributed by atoms with Gasteiger partial charge in [-0.1, -0.05) is 105 Å². The molecule has 0 bridgehead atoms. The fourth-order valence-corrected chi connectivity index (χ4v) is 5.21. The molecule has 0 aromatic rings. The molecular formula is C24H51O3P. The first-order chi connectivity index (χ1) is 13.5. The van der Waals surface area contributed by atoms with E-state index in [1.807, 2.05) is 0 Å². The van der Waals surface area contributed by atoms with Crippen LogP contribution in [-0.4, -0.2) is 19.4 Å². The zero-order valence-corrected chi connectivity index (χ0v) is 20.6. The first-order valence-electron chi connectivity index (χ1n) is 12.4. The SMILES string of the molecule is CCCCCCCCCCCCCCOP(=O)(CCCC)OCCCC(C)C. The van der Waals surface area contributed by atoms with E-state index < -0.39 is 7.60 Å². The Balaban J connectivity index is 3.66. The number of hydrogen-bond acceptors (Lipinski definition) is 3. The highest BCUT2D eigenvalue weighted by Crippen LogP contribution is 2.49. The second-order valence-electron chi connectivity index (χ2n) is 8.78. The standard InChI is InChI=1S/C24H51O3P/c1-5-7-9-10-11-12-13-14-15-16-17-18-21-26-28(25,23-8-6-2)27-22-19-20-24(3)4/h24H,5-23H2,1-4H3. The first-order valence-corrected chi connectivity index (χ1v) is 14.1. The maximum Gasteiger partial charge on any atom is 0.330 e. The lowest BCUT2D eigenvalue weighted by Gasteiger charge is -2.19. The smallest absolute Gasteiger partial charge is 0.309 e. The van der Waals surface area contributed by atoms with Crippen LogP contribution in [0.2, 0.25) is 0 Å². The van der Waals surface area contributed by atoms with Crippen molar-refractivity contribution in [2.75, 3.05) is 19.4 Å². The van der Waals surface area contributed by atoms with Crippen LogP contribution in [0.5, 0.6) is 0 Å². The molecule has 0 N–H and O–H groups in total. The Morgan fingerprint density at radius 2 is 1.04 bits per heavy atom. The van der Waals surface area contributed by atoms with Crippen LogP contribution in [0.3, 0.4) is 0 Å². The molecule has 0 aliphatic heterocycles. The van der Waals surface area contributed by atoms with Crippen LogP contribution in [0.4, 0.5) is 0 Å². The summed E-state index contributed by atoms with van der Waals surface area (Å²) in [6.45, 7) is 9.96. The third-order valence-electron chi connectivity index (χ3n) is 5.29. The van der Waals surface area contributed by atoms with Gasteiger partial charge in [-0.3, -0.25) is 4.57 Å². The highest BCUT2D eigenvalue weighted by Gasteiger charge is 2.23. The quantitative estimate of drug-likeness (QED) is 0.130. The Hall–Kier alpha value is 0.150. The van der Waals surface area contributed by atoms with Crippen LogP contribution in [-0.2, 0) is 13.6 Å². The van der Waals surface area contributed by atoms with Gasteiger partial charge in [0.25, 0.3) is 0 Å². The normalized spacial score (nSPS) is 13.9. The number of hydrogen-bond donors (Lipinski definition) is 0. The van der Waals surface area contributed by atoms with Gasteiger partial charge in [-0.25, -0.2) is 0 Å². The van der Waals surface area contributed by atoms with Crippen molar-refractivity contribution < 1.29 is 13.6 Å². The minimum Gasteiger partial charge on any atom is -0.309 e. The average Bonchev–Trinajstić information content (AvgIpc) is 2.67. The summed E-state index contributed by atoms with van der Waals surface area (Å²) in [4.78, 5) is 0. The van der Waals surface area contributed by atoms with Crippen molar-refractivity contribution in [3.63, 3.8) is 0 Å². The van der Waals surface area contributed by atoms with Crippen LogP contribution in [0.15, 0.2) is 0 Å². The first kappa shape index (κ1) is 28.1. The summed E-state index contributed by atoms with van der Waals surface area (Å²) in [5, 5.41) is 0. The van der Waals surface area contributed by atoms with Gasteiger partial charge in [0.1, 0.15) is 0 Å².